The van der Waals surface area contributed by atoms with Gasteiger partial charge in [0.2, 0.25) is 5.91 Å². The first kappa shape index (κ1) is 14.7. The van der Waals surface area contributed by atoms with E-state index in [1.54, 1.807) is 0 Å². The molecule has 20 heavy (non-hydrogen) atoms. The third-order valence-electron chi connectivity index (χ3n) is 2.42. The SMILES string of the molecule is NC(=O)c1cc(-n2nc(C(F)(F)F)cc2Cl)ccc1Cl. The third-order valence-corrected chi connectivity index (χ3v) is 3.02. The fraction of sp³-hybridized carbons (Fsp3) is 0.0909. The molecule has 0 aliphatic rings. The van der Waals surface area contributed by atoms with Crippen LogP contribution in [0.3, 0.4) is 0 Å². The predicted octanol–water partition coefficient (Wildman–Crippen LogP) is 3.30. The molecule has 0 aliphatic carbocycles. The number of benzene rings is 1. The zero-order chi connectivity index (χ0) is 15.1. The minimum Gasteiger partial charge on any atom is -0.366 e. The Hall–Kier alpha value is -1.73. The van der Waals surface area contributed by atoms with Crippen molar-refractivity contribution in [3.63, 3.8) is 0 Å². The number of halogens is 5. The molecule has 1 aromatic heterocycles. The zero-order valence-electron chi connectivity index (χ0n) is 9.58. The van der Waals surface area contributed by atoms with Gasteiger partial charge >= 0.3 is 6.18 Å². The predicted molar refractivity (Wildman–Crippen MR) is 67.1 cm³/mol. The highest BCUT2D eigenvalue weighted by atomic mass is 35.5. The van der Waals surface area contributed by atoms with E-state index in [0.29, 0.717) is 6.07 Å². The molecular weight excluding hydrogens is 318 g/mol. The minimum atomic E-state index is -4.62. The average Bonchev–Trinajstić information content (AvgIpc) is 2.71. The molecule has 2 rings (SSSR count). The quantitative estimate of drug-likeness (QED) is 0.921. The molecule has 0 unspecified atom stereocenters. The molecule has 0 spiro atoms. The van der Waals surface area contributed by atoms with Crippen LogP contribution in [0, 0.1) is 0 Å². The fourth-order valence-electron chi connectivity index (χ4n) is 1.51. The molecule has 1 heterocycles. The summed E-state index contributed by atoms with van der Waals surface area (Å²) in [5.74, 6) is -0.809. The van der Waals surface area contributed by atoms with Crippen LogP contribution in [0.15, 0.2) is 24.3 Å². The Bertz CT molecular complexity index is 682. The van der Waals surface area contributed by atoms with Gasteiger partial charge in [-0.15, -0.1) is 0 Å². The molecule has 1 aromatic carbocycles. The van der Waals surface area contributed by atoms with E-state index in [9.17, 15) is 18.0 Å². The van der Waals surface area contributed by atoms with E-state index in [-0.39, 0.29) is 21.4 Å². The van der Waals surface area contributed by atoms with Crippen molar-refractivity contribution in [3.8, 4) is 5.69 Å². The van der Waals surface area contributed by atoms with E-state index in [0.717, 1.165) is 4.68 Å². The summed E-state index contributed by atoms with van der Waals surface area (Å²) >= 11 is 11.5. The first-order valence-corrected chi connectivity index (χ1v) is 5.88. The summed E-state index contributed by atoms with van der Waals surface area (Å²) in [5, 5.41) is 3.18. The number of carbonyl (C=O) groups excluding carboxylic acids is 1. The molecule has 0 saturated carbocycles. The summed E-state index contributed by atoms with van der Waals surface area (Å²) < 4.78 is 38.5. The van der Waals surface area contributed by atoms with Crippen LogP contribution >= 0.6 is 23.2 Å². The maximum Gasteiger partial charge on any atom is 0.435 e. The van der Waals surface area contributed by atoms with Crippen molar-refractivity contribution in [2.75, 3.05) is 0 Å². The summed E-state index contributed by atoms with van der Waals surface area (Å²) in [7, 11) is 0. The van der Waals surface area contributed by atoms with Crippen molar-refractivity contribution in [3.05, 3.63) is 45.7 Å². The molecule has 0 radical (unpaired) electrons. The average molecular weight is 324 g/mol. The van der Waals surface area contributed by atoms with Crippen LogP contribution in [-0.4, -0.2) is 15.7 Å². The van der Waals surface area contributed by atoms with Crippen molar-refractivity contribution in [2.45, 2.75) is 6.18 Å². The number of nitrogens with zero attached hydrogens (tertiary/aromatic N) is 2. The standard InChI is InChI=1S/C11H6Cl2F3N3O/c12-7-2-1-5(3-6(7)10(17)20)19-9(13)4-8(18-19)11(14,15)16/h1-4H,(H2,17,20). The normalized spacial score (nSPS) is 11.7. The van der Waals surface area contributed by atoms with Crippen molar-refractivity contribution in [2.24, 2.45) is 5.73 Å². The van der Waals surface area contributed by atoms with Gasteiger partial charge in [-0.05, 0) is 18.2 Å². The van der Waals surface area contributed by atoms with Gasteiger partial charge < -0.3 is 5.73 Å². The number of carbonyl (C=O) groups is 1. The van der Waals surface area contributed by atoms with Gasteiger partial charge in [-0.25, -0.2) is 4.68 Å². The Balaban J connectivity index is 2.55. The number of hydrogen-bond acceptors (Lipinski definition) is 2. The lowest BCUT2D eigenvalue weighted by molar-refractivity contribution is -0.141. The molecule has 0 bridgehead atoms. The Morgan fingerprint density at radius 1 is 1.25 bits per heavy atom. The molecule has 9 heteroatoms. The van der Waals surface area contributed by atoms with Crippen LogP contribution in [0.4, 0.5) is 13.2 Å². The van der Waals surface area contributed by atoms with Gasteiger partial charge in [0.15, 0.2) is 5.69 Å². The molecule has 0 atom stereocenters. The number of primary amides is 1. The first-order valence-electron chi connectivity index (χ1n) is 5.12. The Morgan fingerprint density at radius 3 is 2.40 bits per heavy atom. The van der Waals surface area contributed by atoms with E-state index >= 15 is 0 Å². The van der Waals surface area contributed by atoms with Crippen LogP contribution in [-0.2, 0) is 6.18 Å². The lowest BCUT2D eigenvalue weighted by Crippen LogP contribution is -2.12. The van der Waals surface area contributed by atoms with Crippen molar-refractivity contribution >= 4 is 29.1 Å². The number of hydrogen-bond donors (Lipinski definition) is 1. The number of alkyl halides is 3. The van der Waals surface area contributed by atoms with Crippen molar-refractivity contribution in [1.82, 2.24) is 9.78 Å². The fourth-order valence-corrected chi connectivity index (χ4v) is 1.96. The summed E-state index contributed by atoms with van der Waals surface area (Å²) in [6.07, 6.45) is -4.62. The molecule has 2 aromatic rings. The highest BCUT2D eigenvalue weighted by molar-refractivity contribution is 6.34. The summed E-state index contributed by atoms with van der Waals surface area (Å²) in [6.45, 7) is 0. The van der Waals surface area contributed by atoms with Gasteiger partial charge in [0, 0.05) is 6.07 Å². The van der Waals surface area contributed by atoms with Crippen LogP contribution in [0.2, 0.25) is 10.2 Å². The molecular formula is C11H6Cl2F3N3O. The van der Waals surface area contributed by atoms with Gasteiger partial charge in [-0.3, -0.25) is 4.79 Å². The van der Waals surface area contributed by atoms with E-state index in [2.05, 4.69) is 5.10 Å². The van der Waals surface area contributed by atoms with Crippen molar-refractivity contribution in [1.29, 1.82) is 0 Å². The molecule has 2 N–H and O–H groups in total. The second-order valence-corrected chi connectivity index (χ2v) is 4.58. The lowest BCUT2D eigenvalue weighted by atomic mass is 10.2. The summed E-state index contributed by atoms with van der Waals surface area (Å²) in [5.41, 5.74) is 4.07. The van der Waals surface area contributed by atoms with Gasteiger partial charge in [-0.1, -0.05) is 23.2 Å². The summed E-state index contributed by atoms with van der Waals surface area (Å²) in [4.78, 5) is 11.1. The largest absolute Gasteiger partial charge is 0.435 e. The highest BCUT2D eigenvalue weighted by Crippen LogP contribution is 2.31. The van der Waals surface area contributed by atoms with Gasteiger partial charge in [0.05, 0.1) is 16.3 Å². The van der Waals surface area contributed by atoms with Crippen LogP contribution in [0.1, 0.15) is 16.1 Å². The van der Waals surface area contributed by atoms with E-state index in [1.807, 2.05) is 0 Å². The second kappa shape index (κ2) is 4.99. The monoisotopic (exact) mass is 323 g/mol. The van der Waals surface area contributed by atoms with Gasteiger partial charge in [0.1, 0.15) is 5.15 Å². The van der Waals surface area contributed by atoms with E-state index in [4.69, 9.17) is 28.9 Å². The smallest absolute Gasteiger partial charge is 0.366 e. The third kappa shape index (κ3) is 2.73. The maximum absolute atomic E-state index is 12.5. The minimum absolute atomic E-state index is 0.0377. The van der Waals surface area contributed by atoms with E-state index in [1.165, 1.54) is 18.2 Å². The van der Waals surface area contributed by atoms with E-state index < -0.39 is 17.8 Å². The highest BCUT2D eigenvalue weighted by Gasteiger charge is 2.35. The number of amides is 1. The van der Waals surface area contributed by atoms with Crippen LogP contribution < -0.4 is 5.73 Å². The maximum atomic E-state index is 12.5. The second-order valence-electron chi connectivity index (χ2n) is 3.79. The molecule has 0 aliphatic heterocycles. The van der Waals surface area contributed by atoms with Crippen LogP contribution in [0.5, 0.6) is 0 Å². The molecule has 0 saturated heterocycles. The topological polar surface area (TPSA) is 60.9 Å². The Labute approximate surface area is 120 Å². The summed E-state index contributed by atoms with van der Waals surface area (Å²) in [6, 6.07) is 4.58. The molecule has 0 fully saturated rings. The van der Waals surface area contributed by atoms with Crippen LogP contribution in [0.25, 0.3) is 5.69 Å². The van der Waals surface area contributed by atoms with Gasteiger partial charge in [-0.2, -0.15) is 18.3 Å². The number of nitrogens with two attached hydrogens (primary N) is 1. The zero-order valence-corrected chi connectivity index (χ0v) is 11.1. The molecule has 4 nitrogen and oxygen atoms in total. The first-order chi connectivity index (χ1) is 9.20. The molecule has 1 amide bonds. The Morgan fingerprint density at radius 2 is 1.90 bits per heavy atom. The Kier molecular flexibility index (Phi) is 3.66. The van der Waals surface area contributed by atoms with Gasteiger partial charge in [0.25, 0.3) is 0 Å². The van der Waals surface area contributed by atoms with Crippen molar-refractivity contribution < 1.29 is 18.0 Å². The molecule has 106 valence electrons. The number of rotatable bonds is 2. The lowest BCUT2D eigenvalue weighted by Gasteiger charge is -2.06. The number of aromatic nitrogens is 2.